The van der Waals surface area contributed by atoms with E-state index in [4.69, 9.17) is 0 Å². The Balaban J connectivity index is 3.01. The summed E-state index contributed by atoms with van der Waals surface area (Å²) in [5, 5.41) is 2.66. The first-order valence-electron chi connectivity index (χ1n) is 5.69. The van der Waals surface area contributed by atoms with Crippen LogP contribution in [0.15, 0.2) is 12.1 Å². The molecule has 0 saturated carbocycles. The fourth-order valence-corrected chi connectivity index (χ4v) is 2.73. The number of hydrogen-bond donors (Lipinski definition) is 1. The molecule has 0 radical (unpaired) electrons. The van der Waals surface area contributed by atoms with Gasteiger partial charge < -0.3 is 5.32 Å². The van der Waals surface area contributed by atoms with Crippen molar-refractivity contribution < 1.29 is 13.6 Å². The minimum Gasteiger partial charge on any atom is -0.348 e. The minimum absolute atomic E-state index is 0.0996. The second-order valence-electron chi connectivity index (χ2n) is 4.53. The molecule has 0 aliphatic heterocycles. The van der Waals surface area contributed by atoms with Gasteiger partial charge in [0.05, 0.1) is 0 Å². The highest BCUT2D eigenvalue weighted by molar-refractivity contribution is 14.1. The Bertz CT molecular complexity index is 449. The maximum Gasteiger partial charge on any atom is 0.257 e. The Morgan fingerprint density at radius 1 is 1.39 bits per heavy atom. The van der Waals surface area contributed by atoms with Gasteiger partial charge in [-0.05, 0) is 24.5 Å². The van der Waals surface area contributed by atoms with Crippen LogP contribution < -0.4 is 5.32 Å². The van der Waals surface area contributed by atoms with Gasteiger partial charge in [-0.2, -0.15) is 0 Å². The Morgan fingerprint density at radius 3 is 2.50 bits per heavy atom. The van der Waals surface area contributed by atoms with Gasteiger partial charge in [0.1, 0.15) is 17.2 Å². The minimum atomic E-state index is -0.827. The van der Waals surface area contributed by atoms with E-state index < -0.39 is 23.1 Å². The van der Waals surface area contributed by atoms with E-state index in [1.807, 2.05) is 13.8 Å². The third kappa shape index (κ3) is 3.40. The molecule has 1 unspecified atom stereocenters. The van der Waals surface area contributed by atoms with E-state index in [9.17, 15) is 13.6 Å². The van der Waals surface area contributed by atoms with E-state index in [1.165, 1.54) is 13.0 Å². The van der Waals surface area contributed by atoms with E-state index in [0.717, 1.165) is 6.07 Å². The molecule has 1 aromatic carbocycles. The van der Waals surface area contributed by atoms with Crippen molar-refractivity contribution in [1.82, 2.24) is 5.32 Å². The van der Waals surface area contributed by atoms with Crippen LogP contribution in [0.5, 0.6) is 0 Å². The average molecular weight is 367 g/mol. The van der Waals surface area contributed by atoms with Crippen LogP contribution in [0.25, 0.3) is 0 Å². The first-order chi connectivity index (χ1) is 8.38. The van der Waals surface area contributed by atoms with Crippen LogP contribution in [0, 0.1) is 24.5 Å². The third-order valence-corrected chi connectivity index (χ3v) is 3.75. The fourth-order valence-electron chi connectivity index (χ4n) is 1.49. The van der Waals surface area contributed by atoms with E-state index in [2.05, 4.69) is 27.9 Å². The quantitative estimate of drug-likeness (QED) is 0.641. The van der Waals surface area contributed by atoms with Crippen LogP contribution in [0.4, 0.5) is 8.78 Å². The summed E-state index contributed by atoms with van der Waals surface area (Å²) in [6.45, 7) is 5.41. The standard InChI is InChI=1S/C13H16F2INO/c1-7(2)10(6-16)17-13(18)11-9(14)5-4-8(3)12(11)15/h4-5,7,10H,6H2,1-3H3,(H,17,18). The first kappa shape index (κ1) is 15.3. The van der Waals surface area contributed by atoms with Crippen molar-refractivity contribution in [3.63, 3.8) is 0 Å². The van der Waals surface area contributed by atoms with Crippen molar-refractivity contribution >= 4 is 28.5 Å². The predicted octanol–water partition coefficient (Wildman–Crippen LogP) is 3.46. The van der Waals surface area contributed by atoms with Gasteiger partial charge in [0.15, 0.2) is 0 Å². The number of aryl methyl sites for hydroxylation is 1. The topological polar surface area (TPSA) is 29.1 Å². The lowest BCUT2D eigenvalue weighted by Gasteiger charge is -2.20. The molecule has 0 aliphatic rings. The van der Waals surface area contributed by atoms with Crippen LogP contribution in [-0.2, 0) is 0 Å². The molecule has 5 heteroatoms. The zero-order valence-electron chi connectivity index (χ0n) is 10.6. The summed E-state index contributed by atoms with van der Waals surface area (Å²) in [6, 6.07) is 2.33. The zero-order chi connectivity index (χ0) is 13.9. The molecule has 18 heavy (non-hydrogen) atoms. The lowest BCUT2D eigenvalue weighted by molar-refractivity contribution is 0.0923. The molecule has 2 nitrogen and oxygen atoms in total. The molecule has 1 amide bonds. The number of benzene rings is 1. The normalized spacial score (nSPS) is 12.6. The van der Waals surface area contributed by atoms with Gasteiger partial charge in [0.2, 0.25) is 0 Å². The largest absolute Gasteiger partial charge is 0.348 e. The lowest BCUT2D eigenvalue weighted by Crippen LogP contribution is -2.40. The van der Waals surface area contributed by atoms with E-state index in [1.54, 1.807) is 0 Å². The maximum atomic E-state index is 13.8. The molecule has 1 atom stereocenters. The van der Waals surface area contributed by atoms with Gasteiger partial charge >= 0.3 is 0 Å². The number of carbonyl (C=O) groups is 1. The summed E-state index contributed by atoms with van der Waals surface area (Å²) >= 11 is 2.14. The molecule has 0 fully saturated rings. The van der Waals surface area contributed by atoms with E-state index in [-0.39, 0.29) is 17.5 Å². The number of rotatable bonds is 4. The second-order valence-corrected chi connectivity index (χ2v) is 5.41. The Kier molecular flexibility index (Phi) is 5.49. The van der Waals surface area contributed by atoms with Crippen molar-refractivity contribution in [2.45, 2.75) is 26.8 Å². The predicted molar refractivity (Wildman–Crippen MR) is 76.1 cm³/mol. The van der Waals surface area contributed by atoms with Crippen LogP contribution in [0.3, 0.4) is 0 Å². The number of halogens is 3. The number of carbonyl (C=O) groups excluding carboxylic acids is 1. The summed E-state index contributed by atoms with van der Waals surface area (Å²) in [5.74, 6) is -2.10. The van der Waals surface area contributed by atoms with Crippen molar-refractivity contribution in [1.29, 1.82) is 0 Å². The van der Waals surface area contributed by atoms with Crippen molar-refractivity contribution in [3.8, 4) is 0 Å². The molecule has 1 aromatic rings. The van der Waals surface area contributed by atoms with Gasteiger partial charge in [-0.3, -0.25) is 4.79 Å². The van der Waals surface area contributed by atoms with Crippen LogP contribution in [0.1, 0.15) is 29.8 Å². The van der Waals surface area contributed by atoms with E-state index >= 15 is 0 Å². The molecular formula is C13H16F2INO. The van der Waals surface area contributed by atoms with Crippen LogP contribution >= 0.6 is 22.6 Å². The summed E-state index contributed by atoms with van der Waals surface area (Å²) < 4.78 is 28.0. The highest BCUT2D eigenvalue weighted by Crippen LogP contribution is 2.17. The summed E-state index contributed by atoms with van der Waals surface area (Å²) in [7, 11) is 0. The Labute approximate surface area is 119 Å². The highest BCUT2D eigenvalue weighted by Gasteiger charge is 2.22. The molecule has 0 saturated heterocycles. The third-order valence-electron chi connectivity index (χ3n) is 2.80. The highest BCUT2D eigenvalue weighted by atomic mass is 127. The van der Waals surface area contributed by atoms with Gasteiger partial charge in [0, 0.05) is 10.5 Å². The van der Waals surface area contributed by atoms with Crippen molar-refractivity contribution in [2.75, 3.05) is 4.43 Å². The molecule has 0 aromatic heterocycles. The van der Waals surface area contributed by atoms with Crippen LogP contribution in [-0.4, -0.2) is 16.4 Å². The number of nitrogens with one attached hydrogen (secondary N) is 1. The maximum absolute atomic E-state index is 13.8. The first-order valence-corrected chi connectivity index (χ1v) is 7.22. The molecule has 0 heterocycles. The van der Waals surface area contributed by atoms with Gasteiger partial charge in [0.25, 0.3) is 5.91 Å². The summed E-state index contributed by atoms with van der Waals surface area (Å²) in [6.07, 6.45) is 0. The van der Waals surface area contributed by atoms with Gasteiger partial charge in [-0.1, -0.05) is 42.5 Å². The number of amides is 1. The summed E-state index contributed by atoms with van der Waals surface area (Å²) in [4.78, 5) is 11.9. The van der Waals surface area contributed by atoms with E-state index in [0.29, 0.717) is 4.43 Å². The Hall–Kier alpha value is -0.720. The Morgan fingerprint density at radius 2 is 2.00 bits per heavy atom. The molecule has 0 aliphatic carbocycles. The molecule has 1 rings (SSSR count). The van der Waals surface area contributed by atoms with Gasteiger partial charge in [-0.25, -0.2) is 8.78 Å². The SMILES string of the molecule is Cc1ccc(F)c(C(=O)NC(CI)C(C)C)c1F. The molecular weight excluding hydrogens is 351 g/mol. The van der Waals surface area contributed by atoms with Crippen molar-refractivity contribution in [2.24, 2.45) is 5.92 Å². The monoisotopic (exact) mass is 367 g/mol. The number of hydrogen-bond acceptors (Lipinski definition) is 1. The van der Waals surface area contributed by atoms with Crippen LogP contribution in [0.2, 0.25) is 0 Å². The summed E-state index contributed by atoms with van der Waals surface area (Å²) in [5.41, 5.74) is -0.234. The molecule has 1 N–H and O–H groups in total. The lowest BCUT2D eigenvalue weighted by atomic mass is 10.0. The van der Waals surface area contributed by atoms with Crippen molar-refractivity contribution in [3.05, 3.63) is 34.9 Å². The smallest absolute Gasteiger partial charge is 0.257 e. The average Bonchev–Trinajstić information content (AvgIpc) is 2.31. The molecule has 0 bridgehead atoms. The molecule has 100 valence electrons. The molecule has 0 spiro atoms. The zero-order valence-corrected chi connectivity index (χ0v) is 12.7. The van der Waals surface area contributed by atoms with Gasteiger partial charge in [-0.15, -0.1) is 0 Å². The fraction of sp³-hybridized carbons (Fsp3) is 0.462. The number of alkyl halides is 1. The second kappa shape index (κ2) is 6.45.